The largest absolute Gasteiger partial charge is 0.359 e. The number of fused-ring (bicyclic) bond motifs is 1. The van der Waals surface area contributed by atoms with E-state index in [2.05, 4.69) is 10.1 Å². The molecule has 0 aliphatic carbocycles. The van der Waals surface area contributed by atoms with Crippen molar-refractivity contribution in [1.29, 1.82) is 0 Å². The molecule has 2 aromatic heterocycles. The molecule has 0 spiro atoms. The zero-order valence-electron chi connectivity index (χ0n) is 9.42. The maximum atomic E-state index is 5.49. The van der Waals surface area contributed by atoms with Crippen LogP contribution in [0.25, 0.3) is 22.3 Å². The minimum absolute atomic E-state index is 0.360. The van der Waals surface area contributed by atoms with Gasteiger partial charge in [0.15, 0.2) is 5.76 Å². The average molecular weight is 228 g/mol. The van der Waals surface area contributed by atoms with E-state index in [0.717, 1.165) is 22.3 Å². The van der Waals surface area contributed by atoms with Gasteiger partial charge in [0.1, 0.15) is 5.69 Å². The minimum Gasteiger partial charge on any atom is -0.359 e. The summed E-state index contributed by atoms with van der Waals surface area (Å²) in [6.45, 7) is 0.360. The van der Waals surface area contributed by atoms with Crippen LogP contribution in [0.2, 0.25) is 0 Å². The normalized spacial score (nSPS) is 11.2. The molecule has 5 nitrogen and oxygen atoms in total. The molecule has 3 rings (SSSR count). The fourth-order valence-corrected chi connectivity index (χ4v) is 1.84. The number of aryl methyl sites for hydroxylation is 1. The second kappa shape index (κ2) is 3.71. The van der Waals surface area contributed by atoms with E-state index in [9.17, 15) is 0 Å². The fraction of sp³-hybridized carbons (Fsp3) is 0.167. The highest BCUT2D eigenvalue weighted by atomic mass is 16.5. The van der Waals surface area contributed by atoms with Crippen LogP contribution < -0.4 is 5.73 Å². The SMILES string of the molecule is Cn1cnc2cc(-c3cc(CN)on3)ccc21. The van der Waals surface area contributed by atoms with E-state index in [1.807, 2.05) is 35.9 Å². The molecule has 0 atom stereocenters. The summed E-state index contributed by atoms with van der Waals surface area (Å²) in [6, 6.07) is 7.87. The Bertz CT molecular complexity index is 668. The molecule has 0 fully saturated rings. The molecule has 0 aliphatic rings. The standard InChI is InChI=1S/C12H12N4O/c1-16-7-14-11-4-8(2-3-12(11)16)10-5-9(6-13)17-15-10/h2-5,7H,6,13H2,1H3. The van der Waals surface area contributed by atoms with Crippen molar-refractivity contribution in [2.45, 2.75) is 6.54 Å². The van der Waals surface area contributed by atoms with Gasteiger partial charge < -0.3 is 14.8 Å². The zero-order chi connectivity index (χ0) is 11.8. The first-order valence-corrected chi connectivity index (χ1v) is 5.35. The molecule has 0 bridgehead atoms. The summed E-state index contributed by atoms with van der Waals surface area (Å²) >= 11 is 0. The van der Waals surface area contributed by atoms with Gasteiger partial charge in [-0.2, -0.15) is 0 Å². The lowest BCUT2D eigenvalue weighted by Crippen LogP contribution is -1.92. The summed E-state index contributed by atoms with van der Waals surface area (Å²) in [5.74, 6) is 0.682. The van der Waals surface area contributed by atoms with Gasteiger partial charge in [-0.15, -0.1) is 0 Å². The molecule has 5 heteroatoms. The Hall–Kier alpha value is -2.14. The van der Waals surface area contributed by atoms with E-state index in [-0.39, 0.29) is 0 Å². The first-order chi connectivity index (χ1) is 8.28. The molecule has 2 heterocycles. The van der Waals surface area contributed by atoms with E-state index in [1.54, 1.807) is 6.33 Å². The minimum atomic E-state index is 0.360. The Morgan fingerprint density at radius 1 is 1.35 bits per heavy atom. The molecule has 2 N–H and O–H groups in total. The smallest absolute Gasteiger partial charge is 0.150 e. The van der Waals surface area contributed by atoms with Crippen LogP contribution in [0.1, 0.15) is 5.76 Å². The molecule has 86 valence electrons. The van der Waals surface area contributed by atoms with Crippen molar-refractivity contribution < 1.29 is 4.52 Å². The third-order valence-corrected chi connectivity index (χ3v) is 2.78. The monoisotopic (exact) mass is 228 g/mol. The molecule has 0 amide bonds. The Kier molecular flexibility index (Phi) is 2.19. The van der Waals surface area contributed by atoms with Gasteiger partial charge in [-0.25, -0.2) is 4.98 Å². The van der Waals surface area contributed by atoms with Crippen LogP contribution in [0.4, 0.5) is 0 Å². The molecule has 0 unspecified atom stereocenters. The van der Waals surface area contributed by atoms with Crippen LogP contribution in [0.15, 0.2) is 35.1 Å². The zero-order valence-corrected chi connectivity index (χ0v) is 9.42. The quantitative estimate of drug-likeness (QED) is 0.724. The summed E-state index contributed by atoms with van der Waals surface area (Å²) in [6.07, 6.45) is 1.79. The van der Waals surface area contributed by atoms with Crippen molar-refractivity contribution in [3.8, 4) is 11.3 Å². The molecule has 0 saturated carbocycles. The highest BCUT2D eigenvalue weighted by Gasteiger charge is 2.07. The predicted octanol–water partition coefficient (Wildman–Crippen LogP) is 1.69. The topological polar surface area (TPSA) is 69.9 Å². The van der Waals surface area contributed by atoms with Crippen molar-refractivity contribution in [3.05, 3.63) is 36.4 Å². The Labute approximate surface area is 97.8 Å². The Morgan fingerprint density at radius 3 is 3.00 bits per heavy atom. The molecule has 3 aromatic rings. The van der Waals surface area contributed by atoms with Crippen LogP contribution in [-0.2, 0) is 13.6 Å². The lowest BCUT2D eigenvalue weighted by molar-refractivity contribution is 0.387. The number of nitrogens with zero attached hydrogens (tertiary/aromatic N) is 3. The van der Waals surface area contributed by atoms with Crippen LogP contribution >= 0.6 is 0 Å². The van der Waals surface area contributed by atoms with Gasteiger partial charge in [0.25, 0.3) is 0 Å². The van der Waals surface area contributed by atoms with Gasteiger partial charge in [0.05, 0.1) is 23.9 Å². The number of benzene rings is 1. The van der Waals surface area contributed by atoms with Crippen LogP contribution in [-0.4, -0.2) is 14.7 Å². The van der Waals surface area contributed by atoms with Crippen molar-refractivity contribution in [2.75, 3.05) is 0 Å². The maximum Gasteiger partial charge on any atom is 0.150 e. The first-order valence-electron chi connectivity index (χ1n) is 5.35. The average Bonchev–Trinajstić information content (AvgIpc) is 2.96. The van der Waals surface area contributed by atoms with E-state index in [1.165, 1.54) is 0 Å². The second-order valence-corrected chi connectivity index (χ2v) is 3.94. The second-order valence-electron chi connectivity index (χ2n) is 3.94. The van der Waals surface area contributed by atoms with E-state index in [0.29, 0.717) is 12.3 Å². The number of aromatic nitrogens is 3. The number of nitrogens with two attached hydrogens (primary N) is 1. The predicted molar refractivity (Wildman–Crippen MR) is 64.1 cm³/mol. The molecule has 0 radical (unpaired) electrons. The summed E-state index contributed by atoms with van der Waals surface area (Å²) in [5, 5.41) is 3.98. The third-order valence-electron chi connectivity index (χ3n) is 2.78. The number of hydrogen-bond donors (Lipinski definition) is 1. The number of imidazole rings is 1. The van der Waals surface area contributed by atoms with Gasteiger partial charge >= 0.3 is 0 Å². The van der Waals surface area contributed by atoms with Crippen molar-refractivity contribution in [1.82, 2.24) is 14.7 Å². The highest BCUT2D eigenvalue weighted by molar-refractivity contribution is 5.81. The highest BCUT2D eigenvalue weighted by Crippen LogP contribution is 2.23. The molecule has 17 heavy (non-hydrogen) atoms. The summed E-state index contributed by atoms with van der Waals surface area (Å²) in [5.41, 5.74) is 9.30. The summed E-state index contributed by atoms with van der Waals surface area (Å²) < 4.78 is 7.06. The molecule has 0 saturated heterocycles. The van der Waals surface area contributed by atoms with Crippen LogP contribution in [0, 0.1) is 0 Å². The summed E-state index contributed by atoms with van der Waals surface area (Å²) in [4.78, 5) is 4.31. The van der Waals surface area contributed by atoms with Crippen LogP contribution in [0.3, 0.4) is 0 Å². The fourth-order valence-electron chi connectivity index (χ4n) is 1.84. The van der Waals surface area contributed by atoms with Gasteiger partial charge in [0, 0.05) is 18.7 Å². The maximum absolute atomic E-state index is 5.49. The van der Waals surface area contributed by atoms with Crippen molar-refractivity contribution >= 4 is 11.0 Å². The van der Waals surface area contributed by atoms with Gasteiger partial charge in [-0.3, -0.25) is 0 Å². The molecular formula is C12H12N4O. The van der Waals surface area contributed by atoms with Gasteiger partial charge in [-0.1, -0.05) is 11.2 Å². The van der Waals surface area contributed by atoms with Crippen LogP contribution in [0.5, 0.6) is 0 Å². The molecule has 0 aliphatic heterocycles. The van der Waals surface area contributed by atoms with Crippen molar-refractivity contribution in [3.63, 3.8) is 0 Å². The first kappa shape index (κ1) is 10.0. The molecule has 1 aromatic carbocycles. The molecular weight excluding hydrogens is 216 g/mol. The number of hydrogen-bond acceptors (Lipinski definition) is 4. The van der Waals surface area contributed by atoms with Gasteiger partial charge in [-0.05, 0) is 12.1 Å². The van der Waals surface area contributed by atoms with Crippen molar-refractivity contribution in [2.24, 2.45) is 12.8 Å². The van der Waals surface area contributed by atoms with E-state index >= 15 is 0 Å². The number of rotatable bonds is 2. The lowest BCUT2D eigenvalue weighted by Gasteiger charge is -1.97. The van der Waals surface area contributed by atoms with E-state index in [4.69, 9.17) is 10.3 Å². The lowest BCUT2D eigenvalue weighted by atomic mass is 10.1. The van der Waals surface area contributed by atoms with E-state index < -0.39 is 0 Å². The summed E-state index contributed by atoms with van der Waals surface area (Å²) in [7, 11) is 1.97. The third kappa shape index (κ3) is 1.60. The van der Waals surface area contributed by atoms with Gasteiger partial charge in [0.2, 0.25) is 0 Å². The Morgan fingerprint density at radius 2 is 2.24 bits per heavy atom. The Balaban J connectivity index is 2.11.